The summed E-state index contributed by atoms with van der Waals surface area (Å²) in [6, 6.07) is 5.72. The van der Waals surface area contributed by atoms with Crippen molar-refractivity contribution in [3.8, 4) is 0 Å². The second-order valence-electron chi connectivity index (χ2n) is 7.65. The molecule has 3 rings (SSSR count). The lowest BCUT2D eigenvalue weighted by Gasteiger charge is -2.13. The van der Waals surface area contributed by atoms with Gasteiger partial charge in [-0.1, -0.05) is 13.0 Å². The van der Waals surface area contributed by atoms with Crippen LogP contribution in [-0.4, -0.2) is 71.4 Å². The van der Waals surface area contributed by atoms with Crippen molar-refractivity contribution in [3.05, 3.63) is 42.4 Å². The number of anilines is 3. The van der Waals surface area contributed by atoms with Gasteiger partial charge in [0.15, 0.2) is 0 Å². The molecule has 3 amide bonds. The number of ether oxygens (including phenoxy) is 1. The van der Waals surface area contributed by atoms with Crippen LogP contribution in [0.25, 0.3) is 10.8 Å². The molecule has 2 heterocycles. The van der Waals surface area contributed by atoms with E-state index in [2.05, 4.69) is 51.5 Å². The molecule has 13 nitrogen and oxygen atoms in total. The Kier molecular flexibility index (Phi) is 9.68. The van der Waals surface area contributed by atoms with Crippen molar-refractivity contribution in [1.82, 2.24) is 36.1 Å². The molecule has 0 bridgehead atoms. The lowest BCUT2D eigenvalue weighted by Crippen LogP contribution is -2.38. The van der Waals surface area contributed by atoms with Crippen LogP contribution in [0.4, 0.5) is 22.2 Å². The summed E-state index contributed by atoms with van der Waals surface area (Å²) < 4.78 is 4.40. The fourth-order valence-corrected chi connectivity index (χ4v) is 3.09. The first-order chi connectivity index (χ1) is 17.5. The number of nitrogens with zero attached hydrogens (tertiary/aromatic N) is 4. The third-order valence-corrected chi connectivity index (χ3v) is 4.92. The van der Waals surface area contributed by atoms with E-state index < -0.39 is 6.09 Å². The van der Waals surface area contributed by atoms with Gasteiger partial charge in [0.1, 0.15) is 11.4 Å². The molecule has 13 heteroatoms. The highest BCUT2D eigenvalue weighted by molar-refractivity contribution is 5.98. The van der Waals surface area contributed by atoms with Gasteiger partial charge >= 0.3 is 6.09 Å². The third kappa shape index (κ3) is 7.75. The first-order valence-corrected chi connectivity index (χ1v) is 11.4. The highest BCUT2D eigenvalue weighted by Crippen LogP contribution is 2.21. The molecule has 0 unspecified atom stereocenters. The Balaban J connectivity index is 1.55. The molecule has 0 atom stereocenters. The summed E-state index contributed by atoms with van der Waals surface area (Å²) in [4.78, 5) is 44.2. The van der Waals surface area contributed by atoms with Crippen LogP contribution in [0, 0.1) is 0 Å². The van der Waals surface area contributed by atoms with Gasteiger partial charge in [-0.3, -0.25) is 9.59 Å². The normalized spacial score (nSPS) is 10.4. The van der Waals surface area contributed by atoms with Crippen LogP contribution in [-0.2, 0) is 9.53 Å². The Morgan fingerprint density at radius 2 is 1.72 bits per heavy atom. The molecular weight excluding hydrogens is 466 g/mol. The van der Waals surface area contributed by atoms with E-state index >= 15 is 0 Å². The molecule has 0 aliphatic rings. The molecule has 0 aliphatic carbocycles. The minimum atomic E-state index is -0.680. The summed E-state index contributed by atoms with van der Waals surface area (Å²) in [6.45, 7) is 3.13. The molecule has 3 aromatic rings. The van der Waals surface area contributed by atoms with E-state index in [0.717, 1.165) is 22.9 Å². The summed E-state index contributed by atoms with van der Waals surface area (Å²) in [5, 5.41) is 23.7. The monoisotopic (exact) mass is 495 g/mol. The highest BCUT2D eigenvalue weighted by Gasteiger charge is 2.15. The van der Waals surface area contributed by atoms with E-state index in [1.165, 1.54) is 13.3 Å². The Morgan fingerprint density at radius 3 is 2.50 bits per heavy atom. The van der Waals surface area contributed by atoms with Gasteiger partial charge in [-0.2, -0.15) is 15.2 Å². The summed E-state index contributed by atoms with van der Waals surface area (Å²) in [5.41, 5.74) is 1.09. The first-order valence-electron chi connectivity index (χ1n) is 11.4. The average Bonchev–Trinajstić information content (AvgIpc) is 2.90. The maximum absolute atomic E-state index is 12.7. The van der Waals surface area contributed by atoms with Crippen LogP contribution in [0.1, 0.15) is 30.1 Å². The Hall–Kier alpha value is -4.55. The van der Waals surface area contributed by atoms with Gasteiger partial charge in [0, 0.05) is 42.3 Å². The molecule has 0 saturated heterocycles. The number of methoxy groups -OCH3 is 1. The predicted molar refractivity (Wildman–Crippen MR) is 134 cm³/mol. The second-order valence-corrected chi connectivity index (χ2v) is 7.65. The SMILES string of the molecule is CCCNc1nc(Nc2ccc3cnncc3c2)ncc1C(=O)NCCCNC(=O)CNC(=O)OC. The summed E-state index contributed by atoms with van der Waals surface area (Å²) >= 11 is 0. The molecule has 0 fully saturated rings. The largest absolute Gasteiger partial charge is 0.453 e. The first kappa shape index (κ1) is 26.1. The number of hydrogen-bond donors (Lipinski definition) is 5. The van der Waals surface area contributed by atoms with Gasteiger partial charge in [0.2, 0.25) is 11.9 Å². The number of alkyl carbamates (subject to hydrolysis) is 1. The number of carbonyl (C=O) groups is 3. The van der Waals surface area contributed by atoms with Crippen LogP contribution in [0.5, 0.6) is 0 Å². The van der Waals surface area contributed by atoms with Gasteiger partial charge in [-0.25, -0.2) is 9.78 Å². The molecule has 0 aliphatic heterocycles. The fourth-order valence-electron chi connectivity index (χ4n) is 3.09. The molecule has 2 aromatic heterocycles. The fraction of sp³-hybridized carbons (Fsp3) is 0.348. The number of rotatable bonds is 12. The number of nitrogens with one attached hydrogen (secondary N) is 5. The van der Waals surface area contributed by atoms with Crippen LogP contribution < -0.4 is 26.6 Å². The van der Waals surface area contributed by atoms with E-state index in [-0.39, 0.29) is 18.4 Å². The van der Waals surface area contributed by atoms with Crippen molar-refractivity contribution >= 4 is 46.1 Å². The molecule has 5 N–H and O–H groups in total. The Labute approximate surface area is 207 Å². The van der Waals surface area contributed by atoms with E-state index in [1.54, 1.807) is 12.4 Å². The molecule has 0 saturated carbocycles. The van der Waals surface area contributed by atoms with Crippen molar-refractivity contribution in [2.75, 3.05) is 43.9 Å². The highest BCUT2D eigenvalue weighted by atomic mass is 16.5. The van der Waals surface area contributed by atoms with E-state index in [0.29, 0.717) is 43.4 Å². The smallest absolute Gasteiger partial charge is 0.407 e. The van der Waals surface area contributed by atoms with Crippen molar-refractivity contribution in [2.45, 2.75) is 19.8 Å². The lowest BCUT2D eigenvalue weighted by molar-refractivity contribution is -0.120. The van der Waals surface area contributed by atoms with E-state index in [4.69, 9.17) is 0 Å². The third-order valence-electron chi connectivity index (χ3n) is 4.92. The Morgan fingerprint density at radius 1 is 0.944 bits per heavy atom. The van der Waals surface area contributed by atoms with E-state index in [9.17, 15) is 14.4 Å². The quantitative estimate of drug-likeness (QED) is 0.232. The molecule has 1 aromatic carbocycles. The zero-order valence-corrected chi connectivity index (χ0v) is 20.1. The van der Waals surface area contributed by atoms with Gasteiger partial charge in [-0.15, -0.1) is 0 Å². The van der Waals surface area contributed by atoms with Gasteiger partial charge in [0.05, 0.1) is 26.0 Å². The summed E-state index contributed by atoms with van der Waals surface area (Å²) in [7, 11) is 1.22. The zero-order valence-electron chi connectivity index (χ0n) is 20.1. The standard InChI is InChI=1S/C23H29N9O4/c1-3-7-25-20-18(21(34)26-9-4-8-24-19(33)14-28-23(35)36-2)13-27-22(32-20)31-17-6-5-15-11-29-30-12-16(15)10-17/h5-6,10-13H,3-4,7-9,14H2,1-2H3,(H,24,33)(H,26,34)(H,28,35)(H2,25,27,31,32). The van der Waals surface area contributed by atoms with Crippen LogP contribution in [0.15, 0.2) is 36.8 Å². The minimum Gasteiger partial charge on any atom is -0.453 e. The minimum absolute atomic E-state index is 0.184. The van der Waals surface area contributed by atoms with Crippen LogP contribution in [0.3, 0.4) is 0 Å². The van der Waals surface area contributed by atoms with Crippen LogP contribution in [0.2, 0.25) is 0 Å². The van der Waals surface area contributed by atoms with Gasteiger partial charge in [0.25, 0.3) is 5.91 Å². The van der Waals surface area contributed by atoms with Gasteiger partial charge in [-0.05, 0) is 25.0 Å². The topological polar surface area (TPSA) is 172 Å². The van der Waals surface area contributed by atoms with Crippen molar-refractivity contribution in [3.63, 3.8) is 0 Å². The van der Waals surface area contributed by atoms with Crippen molar-refractivity contribution in [1.29, 1.82) is 0 Å². The maximum Gasteiger partial charge on any atom is 0.407 e. The molecule has 190 valence electrons. The van der Waals surface area contributed by atoms with Crippen LogP contribution >= 0.6 is 0 Å². The van der Waals surface area contributed by atoms with Crippen molar-refractivity contribution in [2.24, 2.45) is 0 Å². The second kappa shape index (κ2) is 13.4. The van der Waals surface area contributed by atoms with Gasteiger partial charge < -0.3 is 31.3 Å². The number of hydrogen-bond acceptors (Lipinski definition) is 10. The molecular formula is C23H29N9O4. The summed E-state index contributed by atoms with van der Waals surface area (Å²) in [5.74, 6) is 0.0761. The number of aromatic nitrogens is 4. The average molecular weight is 496 g/mol. The number of amides is 3. The van der Waals surface area contributed by atoms with Crippen molar-refractivity contribution < 1.29 is 19.1 Å². The molecule has 36 heavy (non-hydrogen) atoms. The predicted octanol–water partition coefficient (Wildman–Crippen LogP) is 1.58. The molecule has 0 radical (unpaired) electrons. The van der Waals surface area contributed by atoms with E-state index in [1.807, 2.05) is 25.1 Å². The number of carbonyl (C=O) groups excluding carboxylic acids is 3. The number of fused-ring (bicyclic) bond motifs is 1. The zero-order chi connectivity index (χ0) is 25.8. The maximum atomic E-state index is 12.7. The lowest BCUT2D eigenvalue weighted by atomic mass is 10.2. The summed E-state index contributed by atoms with van der Waals surface area (Å²) in [6.07, 6.45) is 5.50. The number of benzene rings is 1. The molecule has 0 spiro atoms. The Bertz CT molecular complexity index is 1210.